The minimum Gasteiger partial charge on any atom is -0.465 e. The Hall–Kier alpha value is -0.570. The zero-order chi connectivity index (χ0) is 12.5. The number of hydrogen-bond donors (Lipinski definition) is 0. The van der Waals surface area contributed by atoms with Crippen LogP contribution in [0.1, 0.15) is 58.8 Å². The van der Waals surface area contributed by atoms with Gasteiger partial charge in [0.25, 0.3) is 0 Å². The van der Waals surface area contributed by atoms with E-state index in [2.05, 4.69) is 18.7 Å². The van der Waals surface area contributed by atoms with Crippen LogP contribution >= 0.6 is 0 Å². The van der Waals surface area contributed by atoms with Crippen LogP contribution < -0.4 is 0 Å². The molecule has 1 aliphatic rings. The van der Waals surface area contributed by atoms with E-state index in [-0.39, 0.29) is 5.97 Å². The van der Waals surface area contributed by atoms with E-state index in [9.17, 15) is 4.79 Å². The maximum atomic E-state index is 11.7. The summed E-state index contributed by atoms with van der Waals surface area (Å²) in [6.45, 7) is 6.25. The molecule has 1 rings (SSSR count). The van der Waals surface area contributed by atoms with Gasteiger partial charge >= 0.3 is 5.97 Å². The lowest BCUT2D eigenvalue weighted by Gasteiger charge is -2.32. The Morgan fingerprint density at radius 3 is 2.53 bits per heavy atom. The number of carbonyl (C=O) groups excluding carboxylic acids is 1. The number of hydrogen-bond acceptors (Lipinski definition) is 3. The fourth-order valence-electron chi connectivity index (χ4n) is 2.49. The quantitative estimate of drug-likeness (QED) is 0.507. The first kappa shape index (κ1) is 14.5. The number of likely N-dealkylation sites (N-methyl/N-ethyl adjacent to an activating group) is 1. The highest BCUT2D eigenvalue weighted by Crippen LogP contribution is 2.22. The number of nitrogens with zero attached hydrogens (tertiary/aromatic N) is 1. The molecular formula is C14H27NO2. The van der Waals surface area contributed by atoms with E-state index in [1.165, 1.54) is 32.1 Å². The summed E-state index contributed by atoms with van der Waals surface area (Å²) in [5.41, 5.74) is 0. The largest absolute Gasteiger partial charge is 0.465 e. The van der Waals surface area contributed by atoms with Crippen molar-refractivity contribution >= 4 is 5.97 Å². The summed E-state index contributed by atoms with van der Waals surface area (Å²) in [6.07, 6.45) is 8.52. The van der Waals surface area contributed by atoms with E-state index >= 15 is 0 Å². The zero-order valence-corrected chi connectivity index (χ0v) is 11.4. The number of carbonyl (C=O) groups is 1. The van der Waals surface area contributed by atoms with E-state index in [0.717, 1.165) is 19.4 Å². The Kier molecular flexibility index (Phi) is 7.25. The number of unbranched alkanes of at least 4 members (excludes halogenated alkanes) is 1. The normalized spacial score (nSPS) is 17.4. The lowest BCUT2D eigenvalue weighted by atomic mass is 9.94. The van der Waals surface area contributed by atoms with Crippen LogP contribution in [0.4, 0.5) is 0 Å². The fraction of sp³-hybridized carbons (Fsp3) is 0.929. The molecule has 3 nitrogen and oxygen atoms in total. The minimum atomic E-state index is -0.0501. The average Bonchev–Trinajstić information content (AvgIpc) is 2.37. The first-order valence-corrected chi connectivity index (χ1v) is 7.17. The summed E-state index contributed by atoms with van der Waals surface area (Å²) in [5, 5.41) is 0. The van der Waals surface area contributed by atoms with Gasteiger partial charge in [-0.15, -0.1) is 0 Å². The highest BCUT2D eigenvalue weighted by atomic mass is 16.5. The molecule has 0 aromatic rings. The molecule has 0 N–H and O–H groups in total. The minimum absolute atomic E-state index is 0.0501. The average molecular weight is 241 g/mol. The Morgan fingerprint density at radius 2 is 1.94 bits per heavy atom. The molecule has 0 unspecified atom stereocenters. The molecule has 17 heavy (non-hydrogen) atoms. The predicted octanol–water partition coefficient (Wildman–Crippen LogP) is 2.98. The predicted molar refractivity (Wildman–Crippen MR) is 70.0 cm³/mol. The molecular weight excluding hydrogens is 214 g/mol. The summed E-state index contributed by atoms with van der Waals surface area (Å²) < 4.78 is 5.22. The Bertz CT molecular complexity index is 212. The molecule has 100 valence electrons. The summed E-state index contributed by atoms with van der Waals surface area (Å²) in [7, 11) is 0. The number of esters is 1. The molecule has 0 bridgehead atoms. The topological polar surface area (TPSA) is 29.5 Å². The Labute approximate surface area is 106 Å². The van der Waals surface area contributed by atoms with Gasteiger partial charge in [-0.1, -0.05) is 39.5 Å². The first-order chi connectivity index (χ1) is 8.27. The van der Waals surface area contributed by atoms with Gasteiger partial charge in [0, 0.05) is 6.04 Å². The van der Waals surface area contributed by atoms with Gasteiger partial charge in [0.1, 0.15) is 0 Å². The van der Waals surface area contributed by atoms with E-state index in [4.69, 9.17) is 4.74 Å². The molecule has 1 aliphatic carbocycles. The lowest BCUT2D eigenvalue weighted by Crippen LogP contribution is -2.40. The van der Waals surface area contributed by atoms with Crippen molar-refractivity contribution in [2.75, 3.05) is 19.7 Å². The first-order valence-electron chi connectivity index (χ1n) is 7.17. The van der Waals surface area contributed by atoms with Crippen molar-refractivity contribution < 1.29 is 9.53 Å². The molecule has 1 fully saturated rings. The van der Waals surface area contributed by atoms with Crippen LogP contribution in [-0.2, 0) is 9.53 Å². The van der Waals surface area contributed by atoms with Crippen molar-refractivity contribution in [3.63, 3.8) is 0 Å². The second-order valence-electron chi connectivity index (χ2n) is 4.93. The molecule has 0 radical (unpaired) electrons. The second-order valence-corrected chi connectivity index (χ2v) is 4.93. The second kappa shape index (κ2) is 8.51. The molecule has 0 aromatic heterocycles. The molecule has 0 aromatic carbocycles. The maximum Gasteiger partial charge on any atom is 0.320 e. The van der Waals surface area contributed by atoms with Gasteiger partial charge in [-0.25, -0.2) is 0 Å². The Morgan fingerprint density at radius 1 is 1.24 bits per heavy atom. The molecule has 0 saturated heterocycles. The van der Waals surface area contributed by atoms with Crippen molar-refractivity contribution in [3.05, 3.63) is 0 Å². The fourth-order valence-corrected chi connectivity index (χ4v) is 2.49. The molecule has 0 spiro atoms. The molecule has 3 heteroatoms. The van der Waals surface area contributed by atoms with Gasteiger partial charge in [0.2, 0.25) is 0 Å². The van der Waals surface area contributed by atoms with Gasteiger partial charge in [-0.3, -0.25) is 9.69 Å². The highest BCUT2D eigenvalue weighted by molar-refractivity contribution is 5.71. The molecule has 0 atom stereocenters. The smallest absolute Gasteiger partial charge is 0.320 e. The van der Waals surface area contributed by atoms with Crippen LogP contribution in [0.5, 0.6) is 0 Å². The Balaban J connectivity index is 2.27. The van der Waals surface area contributed by atoms with Crippen molar-refractivity contribution in [1.29, 1.82) is 0 Å². The van der Waals surface area contributed by atoms with Gasteiger partial charge < -0.3 is 4.74 Å². The monoisotopic (exact) mass is 241 g/mol. The van der Waals surface area contributed by atoms with E-state index < -0.39 is 0 Å². The van der Waals surface area contributed by atoms with Gasteiger partial charge in [0.15, 0.2) is 0 Å². The third-order valence-corrected chi connectivity index (χ3v) is 3.59. The van der Waals surface area contributed by atoms with Crippen molar-refractivity contribution in [2.45, 2.75) is 64.8 Å². The third kappa shape index (κ3) is 5.53. The summed E-state index contributed by atoms with van der Waals surface area (Å²) in [4.78, 5) is 14.0. The molecule has 0 heterocycles. The lowest BCUT2D eigenvalue weighted by molar-refractivity contribution is -0.145. The van der Waals surface area contributed by atoms with Crippen molar-refractivity contribution in [1.82, 2.24) is 4.90 Å². The summed E-state index contributed by atoms with van der Waals surface area (Å²) in [6, 6.07) is 0.604. The van der Waals surface area contributed by atoms with E-state index in [0.29, 0.717) is 19.2 Å². The van der Waals surface area contributed by atoms with Crippen LogP contribution in [0.2, 0.25) is 0 Å². The molecule has 0 aliphatic heterocycles. The van der Waals surface area contributed by atoms with Gasteiger partial charge in [-0.2, -0.15) is 0 Å². The summed E-state index contributed by atoms with van der Waals surface area (Å²) >= 11 is 0. The van der Waals surface area contributed by atoms with Crippen LogP contribution in [0.15, 0.2) is 0 Å². The molecule has 0 amide bonds. The SMILES string of the molecule is CCCCOC(=O)CN(CC)C1CCCCC1. The third-order valence-electron chi connectivity index (χ3n) is 3.59. The zero-order valence-electron chi connectivity index (χ0n) is 11.4. The van der Waals surface area contributed by atoms with Crippen LogP contribution in [0, 0.1) is 0 Å². The standard InChI is InChI=1S/C14H27NO2/c1-3-5-11-17-14(16)12-15(4-2)13-9-7-6-8-10-13/h13H,3-12H2,1-2H3. The van der Waals surface area contributed by atoms with Crippen LogP contribution in [0.25, 0.3) is 0 Å². The molecule has 1 saturated carbocycles. The maximum absolute atomic E-state index is 11.7. The number of ether oxygens (including phenoxy) is 1. The highest BCUT2D eigenvalue weighted by Gasteiger charge is 2.22. The van der Waals surface area contributed by atoms with Crippen LogP contribution in [0.3, 0.4) is 0 Å². The summed E-state index contributed by atoms with van der Waals surface area (Å²) in [5.74, 6) is -0.0501. The van der Waals surface area contributed by atoms with E-state index in [1.807, 2.05) is 0 Å². The van der Waals surface area contributed by atoms with Gasteiger partial charge in [0.05, 0.1) is 13.2 Å². The van der Waals surface area contributed by atoms with Crippen LogP contribution in [-0.4, -0.2) is 36.6 Å². The van der Waals surface area contributed by atoms with Crippen molar-refractivity contribution in [3.8, 4) is 0 Å². The number of rotatable bonds is 7. The van der Waals surface area contributed by atoms with E-state index in [1.54, 1.807) is 0 Å². The van der Waals surface area contributed by atoms with Gasteiger partial charge in [-0.05, 0) is 25.8 Å². The van der Waals surface area contributed by atoms with Crippen molar-refractivity contribution in [2.24, 2.45) is 0 Å².